The van der Waals surface area contributed by atoms with E-state index in [1.54, 1.807) is 11.3 Å². The van der Waals surface area contributed by atoms with Gasteiger partial charge in [-0.2, -0.15) is 0 Å². The molecule has 4 heteroatoms. The molecule has 1 heterocycles. The van der Waals surface area contributed by atoms with E-state index in [0.29, 0.717) is 12.3 Å². The smallest absolute Gasteiger partial charge is 0.142 e. The predicted octanol–water partition coefficient (Wildman–Crippen LogP) is 2.74. The lowest BCUT2D eigenvalue weighted by atomic mass is 10.3. The molecule has 0 radical (unpaired) electrons. The molecule has 0 spiro atoms. The summed E-state index contributed by atoms with van der Waals surface area (Å²) in [6.45, 7) is 0.674. The van der Waals surface area contributed by atoms with Crippen LogP contribution in [0.1, 0.15) is 11.4 Å². The summed E-state index contributed by atoms with van der Waals surface area (Å²) in [5, 5.41) is 3.15. The van der Waals surface area contributed by atoms with E-state index in [4.69, 9.17) is 10.5 Å². The Balaban J connectivity index is 1.74. The number of nitrogens with two attached hydrogens (primary N) is 1. The van der Waals surface area contributed by atoms with Gasteiger partial charge in [-0.05, 0) is 18.6 Å². The van der Waals surface area contributed by atoms with E-state index in [0.717, 1.165) is 23.6 Å². The number of aryl methyl sites for hydroxylation is 1. The quantitative estimate of drug-likeness (QED) is 0.639. The number of nitrogen functional groups attached to an aromatic ring is 1. The van der Waals surface area contributed by atoms with Crippen LogP contribution in [-0.2, 0) is 6.42 Å². The Labute approximate surface area is 98.9 Å². The number of thiazole rings is 1. The lowest BCUT2D eigenvalue weighted by molar-refractivity contribution is 0.312. The van der Waals surface area contributed by atoms with Crippen LogP contribution in [0.3, 0.4) is 0 Å². The molecular formula is C12H14N2OS. The lowest BCUT2D eigenvalue weighted by Crippen LogP contribution is -2.01. The molecule has 1 aromatic heterocycles. The van der Waals surface area contributed by atoms with Crippen LogP contribution in [0.15, 0.2) is 35.8 Å². The second kappa shape index (κ2) is 5.51. The van der Waals surface area contributed by atoms with Crippen molar-refractivity contribution in [3.63, 3.8) is 0 Å². The fraction of sp³-hybridized carbons (Fsp3) is 0.250. The topological polar surface area (TPSA) is 48.1 Å². The minimum atomic E-state index is 0.674. The van der Waals surface area contributed by atoms with Crippen LogP contribution in [0.4, 0.5) is 5.69 Å². The van der Waals surface area contributed by atoms with Crippen molar-refractivity contribution in [1.29, 1.82) is 0 Å². The monoisotopic (exact) mass is 234 g/mol. The molecule has 2 aromatic rings. The van der Waals surface area contributed by atoms with E-state index >= 15 is 0 Å². The van der Waals surface area contributed by atoms with E-state index in [2.05, 4.69) is 4.98 Å². The molecule has 16 heavy (non-hydrogen) atoms. The summed E-state index contributed by atoms with van der Waals surface area (Å²) in [5.41, 5.74) is 6.45. The number of hydrogen-bond acceptors (Lipinski definition) is 4. The van der Waals surface area contributed by atoms with Crippen molar-refractivity contribution in [1.82, 2.24) is 4.98 Å². The third-order valence-electron chi connectivity index (χ3n) is 2.20. The van der Waals surface area contributed by atoms with Gasteiger partial charge in [0, 0.05) is 18.0 Å². The predicted molar refractivity (Wildman–Crippen MR) is 66.8 cm³/mol. The van der Waals surface area contributed by atoms with Gasteiger partial charge in [-0.25, -0.2) is 4.98 Å². The van der Waals surface area contributed by atoms with E-state index in [-0.39, 0.29) is 0 Å². The van der Waals surface area contributed by atoms with Crippen LogP contribution < -0.4 is 10.5 Å². The molecule has 0 atom stereocenters. The van der Waals surface area contributed by atoms with Gasteiger partial charge in [0.15, 0.2) is 0 Å². The highest BCUT2D eigenvalue weighted by atomic mass is 32.1. The maximum atomic E-state index is 5.76. The van der Waals surface area contributed by atoms with Crippen LogP contribution in [0.2, 0.25) is 0 Å². The maximum Gasteiger partial charge on any atom is 0.142 e. The van der Waals surface area contributed by atoms with Crippen molar-refractivity contribution in [3.05, 3.63) is 40.8 Å². The summed E-state index contributed by atoms with van der Waals surface area (Å²) in [5.74, 6) is 0.765. The number of nitrogens with zero attached hydrogens (tertiary/aromatic N) is 1. The van der Waals surface area contributed by atoms with Crippen molar-refractivity contribution in [2.24, 2.45) is 0 Å². The van der Waals surface area contributed by atoms with Gasteiger partial charge in [0.25, 0.3) is 0 Å². The van der Waals surface area contributed by atoms with Crippen molar-refractivity contribution >= 4 is 17.0 Å². The molecule has 0 bridgehead atoms. The fourth-order valence-corrected chi connectivity index (χ4v) is 2.06. The highest BCUT2D eigenvalue weighted by Crippen LogP contribution is 2.20. The zero-order chi connectivity index (χ0) is 11.2. The molecular weight excluding hydrogens is 220 g/mol. The van der Waals surface area contributed by atoms with E-state index in [1.807, 2.05) is 35.8 Å². The Morgan fingerprint density at radius 3 is 2.94 bits per heavy atom. The van der Waals surface area contributed by atoms with Crippen LogP contribution in [-0.4, -0.2) is 11.6 Å². The lowest BCUT2D eigenvalue weighted by Gasteiger charge is -2.07. The molecule has 0 aliphatic carbocycles. The number of hydrogen-bond donors (Lipinski definition) is 1. The molecule has 84 valence electrons. The molecule has 2 rings (SSSR count). The van der Waals surface area contributed by atoms with Gasteiger partial charge in [-0.3, -0.25) is 0 Å². The van der Waals surface area contributed by atoms with E-state index in [1.165, 1.54) is 0 Å². The largest absolute Gasteiger partial charge is 0.491 e. The van der Waals surface area contributed by atoms with Gasteiger partial charge < -0.3 is 10.5 Å². The second-order valence-electron chi connectivity index (χ2n) is 3.42. The number of benzene rings is 1. The number of para-hydroxylation sites is 2. The number of aromatic nitrogens is 1. The maximum absolute atomic E-state index is 5.76. The number of ether oxygens (including phenoxy) is 1. The van der Waals surface area contributed by atoms with E-state index in [9.17, 15) is 0 Å². The highest BCUT2D eigenvalue weighted by Gasteiger charge is 1.99. The molecule has 0 aliphatic heterocycles. The summed E-state index contributed by atoms with van der Waals surface area (Å²) < 4.78 is 5.59. The number of anilines is 1. The molecule has 0 saturated heterocycles. The molecule has 1 aromatic carbocycles. The summed E-state index contributed by atoms with van der Waals surface area (Å²) in [6.07, 6.45) is 3.75. The van der Waals surface area contributed by atoms with E-state index < -0.39 is 0 Å². The van der Waals surface area contributed by atoms with Gasteiger partial charge in [-0.1, -0.05) is 12.1 Å². The van der Waals surface area contributed by atoms with Crippen molar-refractivity contribution in [2.75, 3.05) is 12.3 Å². The Morgan fingerprint density at radius 1 is 1.31 bits per heavy atom. The first-order valence-electron chi connectivity index (χ1n) is 5.22. The van der Waals surface area contributed by atoms with Gasteiger partial charge in [-0.15, -0.1) is 11.3 Å². The Morgan fingerprint density at radius 2 is 2.19 bits per heavy atom. The zero-order valence-electron chi connectivity index (χ0n) is 8.93. The van der Waals surface area contributed by atoms with Crippen molar-refractivity contribution in [2.45, 2.75) is 12.8 Å². The first-order valence-corrected chi connectivity index (χ1v) is 6.10. The van der Waals surface area contributed by atoms with Crippen LogP contribution >= 0.6 is 11.3 Å². The zero-order valence-corrected chi connectivity index (χ0v) is 9.74. The summed E-state index contributed by atoms with van der Waals surface area (Å²) in [7, 11) is 0. The van der Waals surface area contributed by atoms with Crippen molar-refractivity contribution < 1.29 is 4.74 Å². The average Bonchev–Trinajstić information content (AvgIpc) is 2.79. The van der Waals surface area contributed by atoms with Gasteiger partial charge in [0.2, 0.25) is 0 Å². The Hall–Kier alpha value is -1.55. The Bertz CT molecular complexity index is 428. The first-order chi connectivity index (χ1) is 7.86. The van der Waals surface area contributed by atoms with Crippen molar-refractivity contribution in [3.8, 4) is 5.75 Å². The minimum Gasteiger partial charge on any atom is -0.491 e. The van der Waals surface area contributed by atoms with Crippen LogP contribution in [0, 0.1) is 0 Å². The fourth-order valence-electron chi connectivity index (χ4n) is 1.39. The first kappa shape index (κ1) is 11.0. The summed E-state index contributed by atoms with van der Waals surface area (Å²) >= 11 is 1.68. The van der Waals surface area contributed by atoms with Gasteiger partial charge in [0.1, 0.15) is 5.75 Å². The summed E-state index contributed by atoms with van der Waals surface area (Å²) in [4.78, 5) is 4.22. The molecule has 0 aliphatic rings. The third-order valence-corrected chi connectivity index (χ3v) is 3.03. The van der Waals surface area contributed by atoms with Gasteiger partial charge in [0.05, 0.1) is 17.3 Å². The normalized spacial score (nSPS) is 10.2. The van der Waals surface area contributed by atoms with Gasteiger partial charge >= 0.3 is 0 Å². The Kier molecular flexibility index (Phi) is 3.77. The molecule has 2 N–H and O–H groups in total. The van der Waals surface area contributed by atoms with Crippen LogP contribution in [0.5, 0.6) is 5.75 Å². The average molecular weight is 234 g/mol. The van der Waals surface area contributed by atoms with Crippen LogP contribution in [0.25, 0.3) is 0 Å². The minimum absolute atomic E-state index is 0.674. The SMILES string of the molecule is Nc1ccccc1OCCCc1nccs1. The molecule has 0 amide bonds. The molecule has 3 nitrogen and oxygen atoms in total. The third kappa shape index (κ3) is 2.97. The molecule has 0 saturated carbocycles. The second-order valence-corrected chi connectivity index (χ2v) is 4.39. The molecule has 0 unspecified atom stereocenters. The highest BCUT2D eigenvalue weighted by molar-refractivity contribution is 7.09. The number of rotatable bonds is 5. The standard InChI is InChI=1S/C12H14N2OS/c13-10-4-1-2-5-11(10)15-8-3-6-12-14-7-9-16-12/h1-2,4-5,7,9H,3,6,8,13H2. The molecule has 0 fully saturated rings. The summed E-state index contributed by atoms with van der Waals surface area (Å²) in [6, 6.07) is 7.55.